The third kappa shape index (κ3) is 3.57. The van der Waals surface area contributed by atoms with Crippen LogP contribution in [0, 0.1) is 0 Å². The van der Waals surface area contributed by atoms with Gasteiger partial charge in [-0.3, -0.25) is 4.90 Å². The van der Waals surface area contributed by atoms with Crippen molar-refractivity contribution in [3.8, 4) is 0 Å². The summed E-state index contributed by atoms with van der Waals surface area (Å²) in [6.45, 7) is 8.31. The zero-order valence-corrected chi connectivity index (χ0v) is 14.1. The van der Waals surface area contributed by atoms with E-state index < -0.39 is 11.7 Å². The fraction of sp³-hybridized carbons (Fsp3) is 0.588. The van der Waals surface area contributed by atoms with Crippen LogP contribution < -0.4 is 0 Å². The van der Waals surface area contributed by atoms with Gasteiger partial charge in [-0.2, -0.15) is 13.2 Å². The maximum atomic E-state index is 13.5. The maximum Gasteiger partial charge on any atom is 0.418 e. The van der Waals surface area contributed by atoms with E-state index in [1.807, 2.05) is 20.8 Å². The number of H-pyrrole nitrogens is 1. The molecule has 0 saturated carbocycles. The molecular weight excluding hydrogens is 319 g/mol. The molecule has 132 valence electrons. The Bertz CT molecular complexity index is 724. The number of benzene rings is 1. The van der Waals surface area contributed by atoms with Crippen LogP contribution in [0.2, 0.25) is 0 Å². The molecule has 0 spiro atoms. The van der Waals surface area contributed by atoms with Crippen molar-refractivity contribution in [1.82, 2.24) is 14.9 Å². The van der Waals surface area contributed by atoms with Crippen LogP contribution >= 0.6 is 0 Å². The van der Waals surface area contributed by atoms with Gasteiger partial charge in [-0.25, -0.2) is 4.98 Å². The molecule has 2 aromatic rings. The topological polar surface area (TPSA) is 41.2 Å². The molecule has 0 unspecified atom stereocenters. The average molecular weight is 341 g/mol. The lowest BCUT2D eigenvalue weighted by Gasteiger charge is -2.31. The van der Waals surface area contributed by atoms with E-state index in [1.54, 1.807) is 6.07 Å². The van der Waals surface area contributed by atoms with Crippen LogP contribution in [0.5, 0.6) is 0 Å². The molecule has 1 N–H and O–H groups in total. The van der Waals surface area contributed by atoms with Crippen LogP contribution in [0.3, 0.4) is 0 Å². The lowest BCUT2D eigenvalue weighted by molar-refractivity contribution is -0.136. The normalized spacial score (nSPS) is 20.2. The number of morpholine rings is 1. The minimum atomic E-state index is -4.42. The Hall–Kier alpha value is -1.60. The predicted molar refractivity (Wildman–Crippen MR) is 85.9 cm³/mol. The Labute approximate surface area is 139 Å². The van der Waals surface area contributed by atoms with Gasteiger partial charge in [0.2, 0.25) is 0 Å². The summed E-state index contributed by atoms with van der Waals surface area (Å²) in [5.41, 5.74) is 0.428. The van der Waals surface area contributed by atoms with E-state index in [4.69, 9.17) is 4.74 Å². The summed E-state index contributed by atoms with van der Waals surface area (Å²) in [5, 5.41) is 0. The van der Waals surface area contributed by atoms with Crippen LogP contribution in [0.15, 0.2) is 12.1 Å². The predicted octanol–water partition coefficient (Wildman–Crippen LogP) is 3.93. The zero-order valence-electron chi connectivity index (χ0n) is 14.1. The van der Waals surface area contributed by atoms with E-state index in [-0.39, 0.29) is 17.5 Å². The summed E-state index contributed by atoms with van der Waals surface area (Å²) >= 11 is 0. The fourth-order valence-corrected chi connectivity index (χ4v) is 3.07. The molecule has 1 fully saturated rings. The Balaban J connectivity index is 1.99. The van der Waals surface area contributed by atoms with Gasteiger partial charge < -0.3 is 9.72 Å². The van der Waals surface area contributed by atoms with Crippen LogP contribution in [-0.2, 0) is 17.5 Å². The molecule has 1 aliphatic heterocycles. The minimum absolute atomic E-state index is 0.00490. The Morgan fingerprint density at radius 2 is 2.12 bits per heavy atom. The summed E-state index contributed by atoms with van der Waals surface area (Å²) in [6.07, 6.45) is -4.32. The van der Waals surface area contributed by atoms with Crippen molar-refractivity contribution in [3.05, 3.63) is 29.1 Å². The number of hydrogen-bond donors (Lipinski definition) is 1. The van der Waals surface area contributed by atoms with Gasteiger partial charge in [-0.1, -0.05) is 13.8 Å². The molecule has 0 aliphatic carbocycles. The summed E-state index contributed by atoms with van der Waals surface area (Å²) in [5.74, 6) is 0.620. The van der Waals surface area contributed by atoms with E-state index in [0.29, 0.717) is 30.1 Å². The second-order valence-electron chi connectivity index (χ2n) is 6.73. The van der Waals surface area contributed by atoms with Crippen LogP contribution in [0.4, 0.5) is 13.2 Å². The average Bonchev–Trinajstić information content (AvgIpc) is 2.89. The van der Waals surface area contributed by atoms with Gasteiger partial charge in [0.15, 0.2) is 0 Å². The molecule has 4 nitrogen and oxygen atoms in total. The second kappa shape index (κ2) is 6.37. The van der Waals surface area contributed by atoms with Crippen molar-refractivity contribution in [2.24, 2.45) is 0 Å². The van der Waals surface area contributed by atoms with E-state index >= 15 is 0 Å². The summed E-state index contributed by atoms with van der Waals surface area (Å²) in [4.78, 5) is 9.33. The first-order chi connectivity index (χ1) is 11.2. The largest absolute Gasteiger partial charge is 0.418 e. The highest BCUT2D eigenvalue weighted by molar-refractivity contribution is 5.80. The third-order valence-corrected chi connectivity index (χ3v) is 4.25. The first-order valence-corrected chi connectivity index (χ1v) is 8.17. The highest BCUT2D eigenvalue weighted by Crippen LogP contribution is 2.35. The number of nitrogens with zero attached hydrogens (tertiary/aromatic N) is 2. The first-order valence-electron chi connectivity index (χ1n) is 8.17. The van der Waals surface area contributed by atoms with E-state index in [0.717, 1.165) is 13.1 Å². The van der Waals surface area contributed by atoms with Crippen LogP contribution in [-0.4, -0.2) is 40.7 Å². The number of hydrogen-bond acceptors (Lipinski definition) is 3. The number of ether oxygens (including phenoxy) is 1. The molecule has 0 bridgehead atoms. The van der Waals surface area contributed by atoms with E-state index in [1.165, 1.54) is 6.07 Å². The molecule has 0 amide bonds. The number of nitrogens with one attached hydrogen (secondary N) is 1. The fourth-order valence-electron chi connectivity index (χ4n) is 3.07. The van der Waals surface area contributed by atoms with Crippen molar-refractivity contribution >= 4 is 11.0 Å². The number of fused-ring (bicyclic) bond motifs is 1. The number of aromatic nitrogens is 2. The van der Waals surface area contributed by atoms with Crippen molar-refractivity contribution in [2.75, 3.05) is 19.7 Å². The summed E-state index contributed by atoms with van der Waals surface area (Å²) in [6, 6.07) is 3.01. The van der Waals surface area contributed by atoms with Gasteiger partial charge in [0.1, 0.15) is 11.3 Å². The molecule has 2 heterocycles. The molecule has 3 rings (SSSR count). The summed E-state index contributed by atoms with van der Waals surface area (Å²) < 4.78 is 45.9. The number of rotatable bonds is 3. The lowest BCUT2D eigenvalue weighted by atomic mass is 10.1. The van der Waals surface area contributed by atoms with Gasteiger partial charge in [-0.05, 0) is 24.6 Å². The van der Waals surface area contributed by atoms with Crippen LogP contribution in [0.25, 0.3) is 11.0 Å². The number of alkyl halides is 3. The first kappa shape index (κ1) is 17.2. The Morgan fingerprint density at radius 1 is 1.38 bits per heavy atom. The number of aromatic amines is 1. The van der Waals surface area contributed by atoms with Gasteiger partial charge in [0, 0.05) is 25.6 Å². The maximum absolute atomic E-state index is 13.5. The van der Waals surface area contributed by atoms with Crippen molar-refractivity contribution in [2.45, 2.75) is 45.5 Å². The van der Waals surface area contributed by atoms with Crippen molar-refractivity contribution in [1.29, 1.82) is 0 Å². The monoisotopic (exact) mass is 341 g/mol. The lowest BCUT2D eigenvalue weighted by Crippen LogP contribution is -2.40. The molecule has 24 heavy (non-hydrogen) atoms. The highest BCUT2D eigenvalue weighted by Gasteiger charge is 2.34. The molecule has 7 heteroatoms. The van der Waals surface area contributed by atoms with Crippen molar-refractivity contribution < 1.29 is 17.9 Å². The van der Waals surface area contributed by atoms with Gasteiger partial charge in [0.05, 0.1) is 23.8 Å². The molecule has 1 aliphatic rings. The quantitative estimate of drug-likeness (QED) is 0.920. The van der Waals surface area contributed by atoms with Gasteiger partial charge >= 0.3 is 6.18 Å². The molecule has 1 atom stereocenters. The molecule has 0 radical (unpaired) electrons. The van der Waals surface area contributed by atoms with Gasteiger partial charge in [0.25, 0.3) is 0 Å². The molecule has 1 saturated heterocycles. The zero-order chi connectivity index (χ0) is 17.5. The second-order valence-corrected chi connectivity index (χ2v) is 6.73. The summed E-state index contributed by atoms with van der Waals surface area (Å²) in [7, 11) is 0. The van der Waals surface area contributed by atoms with Crippen LogP contribution in [0.1, 0.15) is 43.6 Å². The third-order valence-electron chi connectivity index (χ3n) is 4.25. The van der Waals surface area contributed by atoms with Gasteiger partial charge in [-0.15, -0.1) is 0 Å². The molecular formula is C17H22F3N3O. The SMILES string of the molecule is CC(C)c1nc2c(C(F)(F)F)cc(CN3CCO[C@@H](C)C3)cc2[nH]1. The van der Waals surface area contributed by atoms with E-state index in [9.17, 15) is 13.2 Å². The number of halogens is 3. The Morgan fingerprint density at radius 3 is 2.75 bits per heavy atom. The molecule has 1 aromatic carbocycles. The highest BCUT2D eigenvalue weighted by atomic mass is 19.4. The minimum Gasteiger partial charge on any atom is -0.376 e. The number of imidazole rings is 1. The molecule has 1 aromatic heterocycles. The smallest absolute Gasteiger partial charge is 0.376 e. The van der Waals surface area contributed by atoms with Crippen molar-refractivity contribution in [3.63, 3.8) is 0 Å². The Kier molecular flexibility index (Phi) is 4.57. The van der Waals surface area contributed by atoms with E-state index in [2.05, 4.69) is 14.9 Å². The standard InChI is InChI=1S/C17H22F3N3O/c1-10(2)16-21-14-7-12(9-23-4-5-24-11(3)8-23)6-13(15(14)22-16)17(18,19)20/h6-7,10-11H,4-5,8-9H2,1-3H3,(H,21,22)/t11-/m0/s1.